The lowest BCUT2D eigenvalue weighted by molar-refractivity contribution is -0.121. The average Bonchev–Trinajstić information content (AvgIpc) is 2.61. The highest BCUT2D eigenvalue weighted by Crippen LogP contribution is 2.29. The molecule has 1 N–H and O–H groups in total. The molecule has 0 aromatic heterocycles. The first-order valence-electron chi connectivity index (χ1n) is 8.62. The molecule has 1 aliphatic carbocycles. The van der Waals surface area contributed by atoms with E-state index in [4.69, 9.17) is 0 Å². The third-order valence-electron chi connectivity index (χ3n) is 4.68. The van der Waals surface area contributed by atoms with Crippen molar-refractivity contribution in [2.45, 2.75) is 43.5 Å². The van der Waals surface area contributed by atoms with Gasteiger partial charge in [0, 0.05) is 6.42 Å². The predicted octanol–water partition coefficient (Wildman–Crippen LogP) is 3.35. The zero-order chi connectivity index (χ0) is 17.9. The lowest BCUT2D eigenvalue weighted by Gasteiger charge is -2.26. The zero-order valence-electron chi connectivity index (χ0n) is 14.4. The number of amides is 1. The summed E-state index contributed by atoms with van der Waals surface area (Å²) in [5.41, 5.74) is 3.43. The van der Waals surface area contributed by atoms with Gasteiger partial charge in [-0.1, -0.05) is 42.0 Å². The number of sulfone groups is 1. The molecular weight excluding hydrogens is 334 g/mol. The van der Waals surface area contributed by atoms with Gasteiger partial charge in [-0.15, -0.1) is 0 Å². The van der Waals surface area contributed by atoms with Crippen LogP contribution in [0, 0.1) is 6.92 Å². The minimum atomic E-state index is -3.43. The Labute approximate surface area is 149 Å². The van der Waals surface area contributed by atoms with Crippen molar-refractivity contribution >= 4 is 15.7 Å². The molecule has 1 atom stereocenters. The standard InChI is InChI=1S/C20H23NO3S/c1-15-9-11-17(12-10-15)25(23,24)14-13-20(22)21-19-8-4-6-16-5-2-3-7-18(16)19/h2-3,5,7,9-12,19H,4,6,8,13-14H2,1H3,(H,21,22)/t19-/m0/s1. The van der Waals surface area contributed by atoms with E-state index in [0.717, 1.165) is 30.4 Å². The summed E-state index contributed by atoms with van der Waals surface area (Å²) >= 11 is 0. The molecule has 0 fully saturated rings. The van der Waals surface area contributed by atoms with Crippen LogP contribution in [0.4, 0.5) is 0 Å². The maximum atomic E-state index is 12.4. The summed E-state index contributed by atoms with van der Waals surface area (Å²) < 4.78 is 24.7. The Bertz CT molecular complexity index is 857. The third-order valence-corrected chi connectivity index (χ3v) is 6.41. The molecule has 0 bridgehead atoms. The van der Waals surface area contributed by atoms with Crippen LogP contribution in [0.15, 0.2) is 53.4 Å². The molecule has 0 unspecified atom stereocenters. The van der Waals surface area contributed by atoms with Gasteiger partial charge < -0.3 is 5.32 Å². The largest absolute Gasteiger partial charge is 0.349 e. The molecule has 0 aliphatic heterocycles. The first-order valence-corrected chi connectivity index (χ1v) is 10.3. The van der Waals surface area contributed by atoms with Crippen molar-refractivity contribution in [1.29, 1.82) is 0 Å². The van der Waals surface area contributed by atoms with Crippen LogP contribution in [0.25, 0.3) is 0 Å². The molecule has 0 spiro atoms. The quantitative estimate of drug-likeness (QED) is 0.892. The van der Waals surface area contributed by atoms with Crippen LogP contribution in [-0.2, 0) is 21.1 Å². The first-order chi connectivity index (χ1) is 12.0. The van der Waals surface area contributed by atoms with Crippen molar-refractivity contribution in [1.82, 2.24) is 5.32 Å². The minimum Gasteiger partial charge on any atom is -0.349 e. The van der Waals surface area contributed by atoms with Crippen molar-refractivity contribution in [2.75, 3.05) is 5.75 Å². The van der Waals surface area contributed by atoms with Gasteiger partial charge in [-0.2, -0.15) is 0 Å². The molecule has 3 rings (SSSR count). The van der Waals surface area contributed by atoms with Gasteiger partial charge >= 0.3 is 0 Å². The van der Waals surface area contributed by atoms with E-state index >= 15 is 0 Å². The van der Waals surface area contributed by atoms with Crippen LogP contribution >= 0.6 is 0 Å². The Morgan fingerprint density at radius 1 is 1.12 bits per heavy atom. The van der Waals surface area contributed by atoms with Crippen LogP contribution in [0.3, 0.4) is 0 Å². The monoisotopic (exact) mass is 357 g/mol. The third kappa shape index (κ3) is 4.28. The van der Waals surface area contributed by atoms with Gasteiger partial charge in [-0.25, -0.2) is 8.42 Å². The van der Waals surface area contributed by atoms with E-state index in [1.54, 1.807) is 24.3 Å². The minimum absolute atomic E-state index is 0.0143. The van der Waals surface area contributed by atoms with Crippen molar-refractivity contribution in [3.05, 3.63) is 65.2 Å². The van der Waals surface area contributed by atoms with Gasteiger partial charge in [0.15, 0.2) is 9.84 Å². The number of fused-ring (bicyclic) bond motifs is 1. The number of hydrogen-bond acceptors (Lipinski definition) is 3. The average molecular weight is 357 g/mol. The fraction of sp³-hybridized carbons (Fsp3) is 0.350. The maximum absolute atomic E-state index is 12.4. The smallest absolute Gasteiger partial charge is 0.221 e. The van der Waals surface area contributed by atoms with E-state index in [2.05, 4.69) is 11.4 Å². The van der Waals surface area contributed by atoms with Gasteiger partial charge in [0.1, 0.15) is 0 Å². The molecule has 1 amide bonds. The van der Waals surface area contributed by atoms with Crippen LogP contribution in [0.2, 0.25) is 0 Å². The predicted molar refractivity (Wildman–Crippen MR) is 98.1 cm³/mol. The highest BCUT2D eigenvalue weighted by atomic mass is 32.2. The number of carbonyl (C=O) groups is 1. The molecule has 2 aromatic rings. The normalized spacial score (nSPS) is 16.9. The molecular formula is C20H23NO3S. The number of carbonyl (C=O) groups excluding carboxylic acids is 1. The van der Waals surface area contributed by atoms with Gasteiger partial charge in [0.05, 0.1) is 16.7 Å². The highest BCUT2D eigenvalue weighted by Gasteiger charge is 2.22. The fourth-order valence-corrected chi connectivity index (χ4v) is 4.50. The lowest BCUT2D eigenvalue weighted by Crippen LogP contribution is -2.32. The van der Waals surface area contributed by atoms with Crippen molar-refractivity contribution < 1.29 is 13.2 Å². The topological polar surface area (TPSA) is 63.2 Å². The number of rotatable bonds is 5. The van der Waals surface area contributed by atoms with E-state index < -0.39 is 9.84 Å². The SMILES string of the molecule is Cc1ccc(S(=O)(=O)CCC(=O)N[C@H]2CCCc3ccccc32)cc1. The summed E-state index contributed by atoms with van der Waals surface area (Å²) in [4.78, 5) is 12.5. The molecule has 25 heavy (non-hydrogen) atoms. The van der Waals surface area contributed by atoms with Crippen molar-refractivity contribution in [3.63, 3.8) is 0 Å². The van der Waals surface area contributed by atoms with Crippen LogP contribution in [-0.4, -0.2) is 20.1 Å². The number of aryl methyl sites for hydroxylation is 2. The number of benzene rings is 2. The Kier molecular flexibility index (Phi) is 5.23. The fourth-order valence-electron chi connectivity index (χ4n) is 3.26. The molecule has 132 valence electrons. The second-order valence-electron chi connectivity index (χ2n) is 6.59. The van der Waals surface area contributed by atoms with Crippen LogP contribution in [0.5, 0.6) is 0 Å². The van der Waals surface area contributed by atoms with E-state index in [1.165, 1.54) is 5.56 Å². The Hall–Kier alpha value is -2.14. The Balaban J connectivity index is 1.61. The maximum Gasteiger partial charge on any atom is 0.221 e. The van der Waals surface area contributed by atoms with Gasteiger partial charge in [-0.05, 0) is 49.4 Å². The molecule has 0 saturated carbocycles. The van der Waals surface area contributed by atoms with Gasteiger partial charge in [0.2, 0.25) is 5.91 Å². The van der Waals surface area contributed by atoms with Gasteiger partial charge in [0.25, 0.3) is 0 Å². The van der Waals surface area contributed by atoms with E-state index in [9.17, 15) is 13.2 Å². The molecule has 0 radical (unpaired) electrons. The first kappa shape index (κ1) is 17.7. The molecule has 0 saturated heterocycles. The van der Waals surface area contributed by atoms with E-state index in [1.807, 2.05) is 25.1 Å². The lowest BCUT2D eigenvalue weighted by atomic mass is 9.88. The summed E-state index contributed by atoms with van der Waals surface area (Å²) in [6.07, 6.45) is 2.94. The van der Waals surface area contributed by atoms with Crippen LogP contribution in [0.1, 0.15) is 42.0 Å². The van der Waals surface area contributed by atoms with E-state index in [-0.39, 0.29) is 29.0 Å². The second-order valence-corrected chi connectivity index (χ2v) is 8.70. The number of nitrogens with one attached hydrogen (secondary N) is 1. The van der Waals surface area contributed by atoms with E-state index in [0.29, 0.717) is 0 Å². The Morgan fingerprint density at radius 3 is 2.60 bits per heavy atom. The summed E-state index contributed by atoms with van der Waals surface area (Å²) in [6, 6.07) is 14.8. The summed E-state index contributed by atoms with van der Waals surface area (Å²) in [5.74, 6) is -0.381. The summed E-state index contributed by atoms with van der Waals surface area (Å²) in [5, 5.41) is 3.00. The zero-order valence-corrected chi connectivity index (χ0v) is 15.2. The molecule has 2 aromatic carbocycles. The number of hydrogen-bond donors (Lipinski definition) is 1. The molecule has 1 aliphatic rings. The summed E-state index contributed by atoms with van der Waals surface area (Å²) in [6.45, 7) is 1.91. The van der Waals surface area contributed by atoms with Crippen molar-refractivity contribution in [3.8, 4) is 0 Å². The van der Waals surface area contributed by atoms with Crippen LogP contribution < -0.4 is 5.32 Å². The molecule has 4 nitrogen and oxygen atoms in total. The van der Waals surface area contributed by atoms with Gasteiger partial charge in [-0.3, -0.25) is 4.79 Å². The highest BCUT2D eigenvalue weighted by molar-refractivity contribution is 7.91. The summed E-state index contributed by atoms with van der Waals surface area (Å²) in [7, 11) is -3.43. The molecule has 5 heteroatoms. The Morgan fingerprint density at radius 2 is 1.84 bits per heavy atom. The second kappa shape index (κ2) is 7.40. The van der Waals surface area contributed by atoms with Crippen molar-refractivity contribution in [2.24, 2.45) is 0 Å². The molecule has 0 heterocycles.